The van der Waals surface area contributed by atoms with Crippen molar-refractivity contribution >= 4 is 5.82 Å². The Bertz CT molecular complexity index is 498. The van der Waals surface area contributed by atoms with Crippen LogP contribution in [0.5, 0.6) is 0 Å². The zero-order valence-corrected chi connectivity index (χ0v) is 12.1. The van der Waals surface area contributed by atoms with Gasteiger partial charge in [-0.05, 0) is 43.1 Å². The first kappa shape index (κ1) is 13.8. The molecule has 0 bridgehead atoms. The van der Waals surface area contributed by atoms with Gasteiger partial charge in [-0.25, -0.2) is 0 Å². The molecule has 4 heteroatoms. The van der Waals surface area contributed by atoms with Gasteiger partial charge in [-0.1, -0.05) is 20.8 Å². The van der Waals surface area contributed by atoms with Gasteiger partial charge in [0.05, 0.1) is 5.69 Å². The topological polar surface area (TPSA) is 61.6 Å². The van der Waals surface area contributed by atoms with E-state index in [0.717, 1.165) is 30.6 Å². The summed E-state index contributed by atoms with van der Waals surface area (Å²) < 4.78 is 0. The molecule has 0 unspecified atom stereocenters. The fourth-order valence-electron chi connectivity index (χ4n) is 2.52. The maximum absolute atomic E-state index is 9.39. The lowest BCUT2D eigenvalue weighted by atomic mass is 10.0. The smallest absolute Gasteiger partial charge is 0.166 e. The molecule has 0 amide bonds. The third-order valence-electron chi connectivity index (χ3n) is 4.30. The van der Waals surface area contributed by atoms with Crippen LogP contribution in [0.3, 0.4) is 0 Å². The van der Waals surface area contributed by atoms with Gasteiger partial charge in [-0.3, -0.25) is 0 Å². The number of aromatic nitrogens is 2. The zero-order valence-electron chi connectivity index (χ0n) is 12.1. The number of aryl methyl sites for hydroxylation is 1. The molecule has 1 aromatic rings. The molecular weight excluding hydrogens is 236 g/mol. The van der Waals surface area contributed by atoms with E-state index in [1.54, 1.807) is 0 Å². The van der Waals surface area contributed by atoms with E-state index >= 15 is 0 Å². The summed E-state index contributed by atoms with van der Waals surface area (Å²) in [6, 6.07) is 2.30. The molecule has 102 valence electrons. The molecule has 1 fully saturated rings. The van der Waals surface area contributed by atoms with Crippen LogP contribution in [0.4, 0.5) is 5.82 Å². The summed E-state index contributed by atoms with van der Waals surface area (Å²) in [6.07, 6.45) is 5.39. The molecule has 0 atom stereocenters. The maximum atomic E-state index is 9.39. The third kappa shape index (κ3) is 2.70. The van der Waals surface area contributed by atoms with Gasteiger partial charge in [-0.15, -0.1) is 5.10 Å². The van der Waals surface area contributed by atoms with Crippen molar-refractivity contribution in [1.29, 1.82) is 5.26 Å². The molecule has 2 rings (SSSR count). The normalized spacial score (nSPS) is 15.9. The van der Waals surface area contributed by atoms with E-state index in [1.807, 2.05) is 6.92 Å². The van der Waals surface area contributed by atoms with Crippen molar-refractivity contribution in [2.45, 2.75) is 52.9 Å². The van der Waals surface area contributed by atoms with E-state index in [1.165, 1.54) is 19.3 Å². The summed E-state index contributed by atoms with van der Waals surface area (Å²) in [5.74, 6) is 0.663. The largest absolute Gasteiger partial charge is 0.367 e. The van der Waals surface area contributed by atoms with Crippen molar-refractivity contribution in [3.8, 4) is 6.07 Å². The quantitative estimate of drug-likeness (QED) is 0.851. The Morgan fingerprint density at radius 3 is 2.42 bits per heavy atom. The first-order chi connectivity index (χ1) is 9.19. The lowest BCUT2D eigenvalue weighted by Gasteiger charge is -2.16. The number of anilines is 1. The Morgan fingerprint density at radius 2 is 1.95 bits per heavy atom. The summed E-state index contributed by atoms with van der Waals surface area (Å²) in [6.45, 7) is 7.24. The molecule has 19 heavy (non-hydrogen) atoms. The van der Waals surface area contributed by atoms with E-state index in [9.17, 15) is 5.26 Å². The molecule has 0 spiro atoms. The number of rotatable bonds is 6. The number of hydrogen-bond donors (Lipinski definition) is 1. The van der Waals surface area contributed by atoms with Crippen molar-refractivity contribution in [3.05, 3.63) is 16.8 Å². The predicted octanol–water partition coefficient (Wildman–Crippen LogP) is 3.08. The summed E-state index contributed by atoms with van der Waals surface area (Å²) in [7, 11) is 0. The molecule has 1 saturated carbocycles. The van der Waals surface area contributed by atoms with Gasteiger partial charge in [-0.2, -0.15) is 10.4 Å². The van der Waals surface area contributed by atoms with Crippen LogP contribution >= 0.6 is 0 Å². The van der Waals surface area contributed by atoms with E-state index < -0.39 is 0 Å². The van der Waals surface area contributed by atoms with Crippen LogP contribution in [0.2, 0.25) is 0 Å². The van der Waals surface area contributed by atoms with Gasteiger partial charge in [0.15, 0.2) is 5.82 Å². The minimum Gasteiger partial charge on any atom is -0.367 e. The second kappa shape index (κ2) is 5.56. The molecule has 0 aromatic carbocycles. The van der Waals surface area contributed by atoms with Crippen LogP contribution in [-0.4, -0.2) is 16.7 Å². The van der Waals surface area contributed by atoms with E-state index in [-0.39, 0.29) is 0 Å². The summed E-state index contributed by atoms with van der Waals surface area (Å²) in [5.41, 5.74) is 3.11. The number of nitriles is 1. The monoisotopic (exact) mass is 258 g/mol. The molecular formula is C15H22N4. The van der Waals surface area contributed by atoms with Crippen molar-refractivity contribution in [2.75, 3.05) is 11.9 Å². The summed E-state index contributed by atoms with van der Waals surface area (Å²) in [5, 5.41) is 21.2. The van der Waals surface area contributed by atoms with Crippen molar-refractivity contribution in [2.24, 2.45) is 5.41 Å². The Balaban J connectivity index is 2.23. The first-order valence-electron chi connectivity index (χ1n) is 7.22. The molecule has 1 aliphatic rings. The van der Waals surface area contributed by atoms with Gasteiger partial charge in [0.1, 0.15) is 11.6 Å². The highest BCUT2D eigenvalue weighted by Gasteiger charge is 2.40. The average Bonchev–Trinajstić information content (AvgIpc) is 3.24. The molecule has 1 aliphatic carbocycles. The number of nitrogens with zero attached hydrogens (tertiary/aromatic N) is 3. The molecule has 0 aliphatic heterocycles. The van der Waals surface area contributed by atoms with Gasteiger partial charge in [0.25, 0.3) is 0 Å². The van der Waals surface area contributed by atoms with Crippen molar-refractivity contribution in [3.63, 3.8) is 0 Å². The molecule has 1 N–H and O–H groups in total. The first-order valence-corrected chi connectivity index (χ1v) is 7.22. The van der Waals surface area contributed by atoms with E-state index in [2.05, 4.69) is 35.4 Å². The Hall–Kier alpha value is -1.63. The zero-order chi connectivity index (χ0) is 13.9. The summed E-state index contributed by atoms with van der Waals surface area (Å²) >= 11 is 0. The number of hydrogen-bond acceptors (Lipinski definition) is 4. The van der Waals surface area contributed by atoms with Gasteiger partial charge in [0.2, 0.25) is 0 Å². The standard InChI is InChI=1S/C15H22N4/c1-4-11-12(9-16)14(19-18-13(11)5-2)17-10-15(6-3)7-8-15/h4-8,10H2,1-3H3,(H,17,19). The Kier molecular flexibility index (Phi) is 4.04. The lowest BCUT2D eigenvalue weighted by molar-refractivity contribution is 0.520. The third-order valence-corrected chi connectivity index (χ3v) is 4.30. The molecule has 1 aromatic heterocycles. The van der Waals surface area contributed by atoms with Crippen LogP contribution < -0.4 is 5.32 Å². The van der Waals surface area contributed by atoms with Crippen LogP contribution in [0.15, 0.2) is 0 Å². The van der Waals surface area contributed by atoms with Crippen molar-refractivity contribution in [1.82, 2.24) is 10.2 Å². The highest BCUT2D eigenvalue weighted by molar-refractivity contribution is 5.56. The summed E-state index contributed by atoms with van der Waals surface area (Å²) in [4.78, 5) is 0. The molecule has 1 heterocycles. The van der Waals surface area contributed by atoms with Gasteiger partial charge < -0.3 is 5.32 Å². The average molecular weight is 258 g/mol. The highest BCUT2D eigenvalue weighted by atomic mass is 15.2. The van der Waals surface area contributed by atoms with Crippen LogP contribution in [-0.2, 0) is 12.8 Å². The fourth-order valence-corrected chi connectivity index (χ4v) is 2.52. The lowest BCUT2D eigenvalue weighted by Crippen LogP contribution is -2.17. The van der Waals surface area contributed by atoms with Gasteiger partial charge >= 0.3 is 0 Å². The Labute approximate surface area is 115 Å². The highest BCUT2D eigenvalue weighted by Crippen LogP contribution is 2.48. The van der Waals surface area contributed by atoms with Crippen LogP contribution in [0.25, 0.3) is 0 Å². The molecule has 0 radical (unpaired) electrons. The van der Waals surface area contributed by atoms with Crippen LogP contribution in [0.1, 0.15) is 56.9 Å². The van der Waals surface area contributed by atoms with Crippen LogP contribution in [0, 0.1) is 16.7 Å². The SMILES string of the molecule is CCc1nnc(NCC2(CC)CC2)c(C#N)c1CC. The second-order valence-corrected chi connectivity index (χ2v) is 5.37. The Morgan fingerprint density at radius 1 is 1.21 bits per heavy atom. The minimum absolute atomic E-state index is 0.435. The molecule has 0 saturated heterocycles. The van der Waals surface area contributed by atoms with Gasteiger partial charge in [0, 0.05) is 6.54 Å². The fraction of sp³-hybridized carbons (Fsp3) is 0.667. The maximum Gasteiger partial charge on any atom is 0.166 e. The van der Waals surface area contributed by atoms with Crippen molar-refractivity contribution < 1.29 is 0 Å². The molecule has 4 nitrogen and oxygen atoms in total. The van der Waals surface area contributed by atoms with E-state index in [4.69, 9.17) is 0 Å². The predicted molar refractivity (Wildman–Crippen MR) is 76.0 cm³/mol. The van der Waals surface area contributed by atoms with E-state index in [0.29, 0.717) is 16.8 Å². The minimum atomic E-state index is 0.435. The number of nitrogens with one attached hydrogen (secondary N) is 1. The second-order valence-electron chi connectivity index (χ2n) is 5.37.